The molecular weight excluding hydrogens is 244 g/mol. The molecule has 0 unspecified atom stereocenters. The normalized spacial score (nSPS) is 11.4. The third-order valence-corrected chi connectivity index (χ3v) is 3.30. The van der Waals surface area contributed by atoms with Gasteiger partial charge in [0.25, 0.3) is 10.0 Å². The molecule has 0 fully saturated rings. The summed E-state index contributed by atoms with van der Waals surface area (Å²) in [5.74, 6) is 0. The van der Waals surface area contributed by atoms with E-state index in [0.29, 0.717) is 11.3 Å². The van der Waals surface area contributed by atoms with E-state index in [2.05, 4.69) is 19.9 Å². The van der Waals surface area contributed by atoms with Crippen molar-refractivity contribution >= 4 is 15.7 Å². The third kappa shape index (κ3) is 2.60. The fourth-order valence-corrected chi connectivity index (χ4v) is 2.14. The van der Waals surface area contributed by atoms with Gasteiger partial charge in [-0.15, -0.1) is 0 Å². The second kappa shape index (κ2) is 4.52. The lowest BCUT2D eigenvalue weighted by Crippen LogP contribution is -2.14. The molecule has 2 aromatic heterocycles. The van der Waals surface area contributed by atoms with E-state index in [1.807, 2.05) is 0 Å². The lowest BCUT2D eigenvalue weighted by atomic mass is 10.3. The standard InChI is InChI=1S/C9H10N4O3S/c14-6-7-1-2-9(10-3-7)17(15,16)13-8-4-11-12-5-8/h1-5,13-14H,6H2,(H,11,12). The molecule has 0 bridgehead atoms. The smallest absolute Gasteiger partial charge is 0.279 e. The molecule has 0 radical (unpaired) electrons. The van der Waals surface area contributed by atoms with E-state index in [4.69, 9.17) is 5.11 Å². The Kier molecular flexibility index (Phi) is 3.07. The first-order chi connectivity index (χ1) is 8.12. The summed E-state index contributed by atoms with van der Waals surface area (Å²) < 4.78 is 25.9. The SMILES string of the molecule is O=S(=O)(Nc1cn[nH]c1)c1ccc(CO)cn1. The molecule has 0 saturated heterocycles. The molecule has 0 amide bonds. The van der Waals surface area contributed by atoms with Crippen LogP contribution in [0.1, 0.15) is 5.56 Å². The van der Waals surface area contributed by atoms with Crippen molar-refractivity contribution in [1.82, 2.24) is 15.2 Å². The van der Waals surface area contributed by atoms with Crippen molar-refractivity contribution in [3.63, 3.8) is 0 Å². The van der Waals surface area contributed by atoms with Crippen molar-refractivity contribution < 1.29 is 13.5 Å². The van der Waals surface area contributed by atoms with Crippen LogP contribution in [0.5, 0.6) is 0 Å². The van der Waals surface area contributed by atoms with E-state index >= 15 is 0 Å². The summed E-state index contributed by atoms with van der Waals surface area (Å²) in [7, 11) is -3.71. The summed E-state index contributed by atoms with van der Waals surface area (Å²) in [4.78, 5) is 3.76. The summed E-state index contributed by atoms with van der Waals surface area (Å²) in [6.45, 7) is -0.178. The number of aromatic amines is 1. The molecule has 7 nitrogen and oxygen atoms in total. The van der Waals surface area contributed by atoms with E-state index in [1.54, 1.807) is 0 Å². The predicted octanol–water partition coefficient (Wildman–Crippen LogP) is 0.0978. The predicted molar refractivity (Wildman–Crippen MR) is 59.6 cm³/mol. The van der Waals surface area contributed by atoms with Crippen molar-refractivity contribution in [1.29, 1.82) is 0 Å². The average Bonchev–Trinajstić information content (AvgIpc) is 2.81. The summed E-state index contributed by atoms with van der Waals surface area (Å²) in [5, 5.41) is 14.8. The van der Waals surface area contributed by atoms with Crippen molar-refractivity contribution in [2.45, 2.75) is 11.6 Å². The summed E-state index contributed by atoms with van der Waals surface area (Å²) in [6, 6.07) is 2.82. The molecule has 0 aliphatic carbocycles. The zero-order chi connectivity index (χ0) is 12.3. The maximum absolute atomic E-state index is 11.8. The Balaban J connectivity index is 2.25. The highest BCUT2D eigenvalue weighted by atomic mass is 32.2. The topological polar surface area (TPSA) is 108 Å². The van der Waals surface area contributed by atoms with Gasteiger partial charge >= 0.3 is 0 Å². The first-order valence-corrected chi connectivity index (χ1v) is 6.17. The second-order valence-corrected chi connectivity index (χ2v) is 4.88. The zero-order valence-corrected chi connectivity index (χ0v) is 9.48. The summed E-state index contributed by atoms with van der Waals surface area (Å²) >= 11 is 0. The van der Waals surface area contributed by atoms with Gasteiger partial charge in [0.2, 0.25) is 0 Å². The van der Waals surface area contributed by atoms with Gasteiger partial charge < -0.3 is 5.11 Å². The molecule has 0 aliphatic rings. The molecule has 0 aliphatic heterocycles. The van der Waals surface area contributed by atoms with Crippen molar-refractivity contribution in [3.05, 3.63) is 36.3 Å². The van der Waals surface area contributed by atoms with Gasteiger partial charge in [0.1, 0.15) is 0 Å². The van der Waals surface area contributed by atoms with Crippen molar-refractivity contribution in [2.75, 3.05) is 4.72 Å². The van der Waals surface area contributed by atoms with Gasteiger partial charge in [-0.1, -0.05) is 6.07 Å². The highest BCUT2D eigenvalue weighted by Gasteiger charge is 2.15. The van der Waals surface area contributed by atoms with Crippen LogP contribution < -0.4 is 4.72 Å². The molecule has 0 atom stereocenters. The first kappa shape index (κ1) is 11.6. The Bertz CT molecular complexity index is 577. The molecule has 0 aromatic carbocycles. The van der Waals surface area contributed by atoms with Crippen LogP contribution in [0.2, 0.25) is 0 Å². The number of sulfonamides is 1. The van der Waals surface area contributed by atoms with Crippen LogP contribution >= 0.6 is 0 Å². The van der Waals surface area contributed by atoms with Crippen LogP contribution in [0.4, 0.5) is 5.69 Å². The van der Waals surface area contributed by atoms with Gasteiger partial charge in [0.15, 0.2) is 5.03 Å². The Morgan fingerprint density at radius 2 is 2.18 bits per heavy atom. The molecule has 17 heavy (non-hydrogen) atoms. The van der Waals surface area contributed by atoms with E-state index in [-0.39, 0.29) is 11.6 Å². The van der Waals surface area contributed by atoms with Gasteiger partial charge in [0.05, 0.1) is 18.5 Å². The molecule has 90 valence electrons. The van der Waals surface area contributed by atoms with E-state index < -0.39 is 10.0 Å². The number of anilines is 1. The Hall–Kier alpha value is -1.93. The van der Waals surface area contributed by atoms with Gasteiger partial charge in [-0.3, -0.25) is 9.82 Å². The molecule has 0 spiro atoms. The van der Waals surface area contributed by atoms with Crippen LogP contribution in [0.3, 0.4) is 0 Å². The Morgan fingerprint density at radius 3 is 2.71 bits per heavy atom. The number of aliphatic hydroxyl groups excluding tert-OH is 1. The van der Waals surface area contributed by atoms with Crippen molar-refractivity contribution in [2.24, 2.45) is 0 Å². The van der Waals surface area contributed by atoms with Crippen LogP contribution in [0.25, 0.3) is 0 Å². The maximum Gasteiger partial charge on any atom is 0.279 e. The van der Waals surface area contributed by atoms with E-state index in [0.717, 1.165) is 0 Å². The van der Waals surface area contributed by atoms with Crippen LogP contribution in [0, 0.1) is 0 Å². The van der Waals surface area contributed by atoms with Gasteiger partial charge in [0, 0.05) is 12.4 Å². The molecule has 3 N–H and O–H groups in total. The zero-order valence-electron chi connectivity index (χ0n) is 8.66. The Labute approximate surface area is 97.6 Å². The quantitative estimate of drug-likeness (QED) is 0.717. The Morgan fingerprint density at radius 1 is 1.35 bits per heavy atom. The largest absolute Gasteiger partial charge is 0.392 e. The lowest BCUT2D eigenvalue weighted by Gasteiger charge is -2.05. The number of hydrogen-bond donors (Lipinski definition) is 3. The third-order valence-electron chi connectivity index (χ3n) is 2.01. The maximum atomic E-state index is 11.8. The molecule has 2 rings (SSSR count). The minimum atomic E-state index is -3.71. The fourth-order valence-electron chi connectivity index (χ4n) is 1.18. The average molecular weight is 254 g/mol. The second-order valence-electron chi connectivity index (χ2n) is 3.26. The fraction of sp³-hybridized carbons (Fsp3) is 0.111. The number of nitrogens with one attached hydrogen (secondary N) is 2. The summed E-state index contributed by atoms with van der Waals surface area (Å²) in [6.07, 6.45) is 4.07. The number of hydrogen-bond acceptors (Lipinski definition) is 5. The number of nitrogens with zero attached hydrogens (tertiary/aromatic N) is 2. The van der Waals surface area contributed by atoms with Gasteiger partial charge in [-0.2, -0.15) is 13.5 Å². The van der Waals surface area contributed by atoms with E-state index in [1.165, 1.54) is 30.7 Å². The number of rotatable bonds is 4. The first-order valence-electron chi connectivity index (χ1n) is 4.69. The van der Waals surface area contributed by atoms with Gasteiger partial charge in [-0.05, 0) is 11.6 Å². The van der Waals surface area contributed by atoms with Crippen LogP contribution in [-0.2, 0) is 16.6 Å². The highest BCUT2D eigenvalue weighted by Crippen LogP contribution is 2.12. The molecule has 2 heterocycles. The minimum Gasteiger partial charge on any atom is -0.392 e. The number of H-pyrrole nitrogens is 1. The number of aliphatic hydroxyl groups is 1. The van der Waals surface area contributed by atoms with Crippen LogP contribution in [-0.4, -0.2) is 28.7 Å². The summed E-state index contributed by atoms with van der Waals surface area (Å²) in [5.41, 5.74) is 0.880. The van der Waals surface area contributed by atoms with E-state index in [9.17, 15) is 8.42 Å². The molecule has 2 aromatic rings. The number of pyridine rings is 1. The lowest BCUT2D eigenvalue weighted by molar-refractivity contribution is 0.281. The van der Waals surface area contributed by atoms with Gasteiger partial charge in [-0.25, -0.2) is 4.98 Å². The molecule has 8 heteroatoms. The monoisotopic (exact) mass is 254 g/mol. The molecule has 0 saturated carbocycles. The number of aromatic nitrogens is 3. The minimum absolute atomic E-state index is 0.115. The van der Waals surface area contributed by atoms with Crippen molar-refractivity contribution in [3.8, 4) is 0 Å². The van der Waals surface area contributed by atoms with Crippen LogP contribution in [0.15, 0.2) is 35.7 Å². The molecular formula is C9H10N4O3S. The highest BCUT2D eigenvalue weighted by molar-refractivity contribution is 7.92.